The number of pyridine rings is 1. The van der Waals surface area contributed by atoms with Crippen molar-refractivity contribution < 1.29 is 14.6 Å². The summed E-state index contributed by atoms with van der Waals surface area (Å²) in [5, 5.41) is 8.93. The van der Waals surface area contributed by atoms with E-state index in [1.54, 1.807) is 19.1 Å². The number of ether oxygens (including phenoxy) is 1. The molecule has 0 spiro atoms. The molecule has 110 valence electrons. The topological polar surface area (TPSA) is 62.7 Å². The van der Waals surface area contributed by atoms with Crippen LogP contribution in [0.4, 0.5) is 0 Å². The molecule has 5 heteroatoms. The quantitative estimate of drug-likeness (QED) is 0.911. The summed E-state index contributed by atoms with van der Waals surface area (Å²) < 4.78 is 5.63. The van der Waals surface area contributed by atoms with Gasteiger partial charge in [-0.3, -0.25) is 9.78 Å². The van der Waals surface area contributed by atoms with Gasteiger partial charge in [0.15, 0.2) is 6.10 Å². The molecule has 1 aromatic heterocycles. The van der Waals surface area contributed by atoms with Gasteiger partial charge in [-0.2, -0.15) is 0 Å². The molecule has 0 aromatic carbocycles. The summed E-state index contributed by atoms with van der Waals surface area (Å²) in [5.41, 5.74) is 0.587. The average molecular weight is 278 g/mol. The van der Waals surface area contributed by atoms with Gasteiger partial charge in [0.25, 0.3) is 5.91 Å². The fourth-order valence-electron chi connectivity index (χ4n) is 2.38. The number of likely N-dealkylation sites (tertiary alicyclic amines) is 1. The van der Waals surface area contributed by atoms with Crippen LogP contribution in [-0.4, -0.2) is 40.1 Å². The number of hydrogen-bond acceptors (Lipinski definition) is 4. The van der Waals surface area contributed by atoms with Gasteiger partial charge in [-0.15, -0.1) is 0 Å². The van der Waals surface area contributed by atoms with E-state index in [1.807, 2.05) is 4.90 Å². The molecule has 1 fully saturated rings. The van der Waals surface area contributed by atoms with Crippen molar-refractivity contribution in [1.82, 2.24) is 9.88 Å². The lowest BCUT2D eigenvalue weighted by Gasteiger charge is -2.24. The molecule has 0 saturated carbocycles. The van der Waals surface area contributed by atoms with Crippen LogP contribution in [0.25, 0.3) is 0 Å². The number of aromatic nitrogens is 1. The van der Waals surface area contributed by atoms with Gasteiger partial charge in [0.1, 0.15) is 5.75 Å². The molecule has 2 rings (SSSR count). The van der Waals surface area contributed by atoms with Crippen LogP contribution in [0.15, 0.2) is 18.3 Å². The molecule has 1 N–H and O–H groups in total. The van der Waals surface area contributed by atoms with E-state index < -0.39 is 6.10 Å². The van der Waals surface area contributed by atoms with Crippen molar-refractivity contribution in [3.05, 3.63) is 24.0 Å². The smallest absolute Gasteiger partial charge is 0.263 e. The zero-order valence-corrected chi connectivity index (χ0v) is 11.9. The van der Waals surface area contributed by atoms with Gasteiger partial charge < -0.3 is 14.7 Å². The van der Waals surface area contributed by atoms with Crippen LogP contribution >= 0.6 is 0 Å². The number of hydrogen-bond donors (Lipinski definition) is 1. The Balaban J connectivity index is 1.92. The molecule has 1 aliphatic rings. The van der Waals surface area contributed by atoms with Crippen LogP contribution in [0.5, 0.6) is 5.75 Å². The lowest BCUT2D eigenvalue weighted by molar-refractivity contribution is -0.137. The monoisotopic (exact) mass is 278 g/mol. The second kappa shape index (κ2) is 7.24. The van der Waals surface area contributed by atoms with Gasteiger partial charge in [-0.1, -0.05) is 12.8 Å². The van der Waals surface area contributed by atoms with Gasteiger partial charge in [0.2, 0.25) is 0 Å². The highest BCUT2D eigenvalue weighted by atomic mass is 16.5. The first-order valence-electron chi connectivity index (χ1n) is 7.22. The van der Waals surface area contributed by atoms with E-state index in [-0.39, 0.29) is 12.5 Å². The number of rotatable bonds is 4. The van der Waals surface area contributed by atoms with Gasteiger partial charge in [-0.25, -0.2) is 0 Å². The van der Waals surface area contributed by atoms with Crippen molar-refractivity contribution in [2.75, 3.05) is 13.1 Å². The highest BCUT2D eigenvalue weighted by molar-refractivity contribution is 5.80. The second-order valence-electron chi connectivity index (χ2n) is 5.14. The fraction of sp³-hybridized carbons (Fsp3) is 0.600. The number of nitrogens with zero attached hydrogens (tertiary/aromatic N) is 2. The molecule has 2 heterocycles. The fourth-order valence-corrected chi connectivity index (χ4v) is 2.38. The molecule has 20 heavy (non-hydrogen) atoms. The highest BCUT2D eigenvalue weighted by Gasteiger charge is 2.22. The maximum absolute atomic E-state index is 12.3. The SMILES string of the molecule is CC(Oc1ccc(CO)nc1)C(=O)N1CCCCCC1. The molecule has 1 unspecified atom stereocenters. The van der Waals surface area contributed by atoms with Gasteiger partial charge in [0.05, 0.1) is 18.5 Å². The normalized spacial score (nSPS) is 17.4. The Morgan fingerprint density at radius 1 is 1.35 bits per heavy atom. The molecule has 1 aliphatic heterocycles. The van der Waals surface area contributed by atoms with Gasteiger partial charge >= 0.3 is 0 Å². The Labute approximate surface area is 119 Å². The van der Waals surface area contributed by atoms with Crippen molar-refractivity contribution in [3.63, 3.8) is 0 Å². The van der Waals surface area contributed by atoms with Crippen LogP contribution in [0.3, 0.4) is 0 Å². The number of carbonyl (C=O) groups is 1. The van der Waals surface area contributed by atoms with Crippen LogP contribution in [-0.2, 0) is 11.4 Å². The Hall–Kier alpha value is -1.62. The summed E-state index contributed by atoms with van der Waals surface area (Å²) in [6.45, 7) is 3.33. The molecule has 1 atom stereocenters. The number of carbonyl (C=O) groups excluding carboxylic acids is 1. The highest BCUT2D eigenvalue weighted by Crippen LogP contribution is 2.15. The molecular formula is C15H22N2O3. The van der Waals surface area contributed by atoms with Crippen molar-refractivity contribution in [3.8, 4) is 5.75 Å². The largest absolute Gasteiger partial charge is 0.479 e. The lowest BCUT2D eigenvalue weighted by atomic mass is 10.2. The van der Waals surface area contributed by atoms with E-state index in [0.29, 0.717) is 11.4 Å². The van der Waals surface area contributed by atoms with Crippen LogP contribution in [0.1, 0.15) is 38.3 Å². The number of aliphatic hydroxyl groups excluding tert-OH is 1. The first-order chi connectivity index (χ1) is 9.70. The first-order valence-corrected chi connectivity index (χ1v) is 7.22. The van der Waals surface area contributed by atoms with Crippen LogP contribution in [0, 0.1) is 0 Å². The standard InChI is InChI=1S/C15H22N2O3/c1-12(15(19)17-8-4-2-3-5-9-17)20-14-7-6-13(11-18)16-10-14/h6-7,10,12,18H,2-5,8-9,11H2,1H3. The van der Waals surface area contributed by atoms with Crippen molar-refractivity contribution in [2.45, 2.75) is 45.3 Å². The molecule has 1 aromatic rings. The molecule has 1 amide bonds. The van der Waals surface area contributed by atoms with Crippen molar-refractivity contribution >= 4 is 5.91 Å². The van der Waals surface area contributed by atoms with Gasteiger partial charge in [0, 0.05) is 13.1 Å². The van der Waals surface area contributed by atoms with Crippen LogP contribution in [0.2, 0.25) is 0 Å². The first kappa shape index (κ1) is 14.8. The van der Waals surface area contributed by atoms with E-state index in [1.165, 1.54) is 19.0 Å². The van der Waals surface area contributed by atoms with E-state index in [0.717, 1.165) is 25.9 Å². The number of aliphatic hydroxyl groups is 1. The maximum atomic E-state index is 12.3. The summed E-state index contributed by atoms with van der Waals surface area (Å²) in [7, 11) is 0. The molecule has 1 saturated heterocycles. The Morgan fingerprint density at radius 3 is 2.60 bits per heavy atom. The Kier molecular flexibility index (Phi) is 5.35. The van der Waals surface area contributed by atoms with E-state index in [2.05, 4.69) is 4.98 Å². The molecular weight excluding hydrogens is 256 g/mol. The number of amides is 1. The van der Waals surface area contributed by atoms with Crippen LogP contribution < -0.4 is 4.74 Å². The lowest BCUT2D eigenvalue weighted by Crippen LogP contribution is -2.41. The third kappa shape index (κ3) is 3.93. The Morgan fingerprint density at radius 2 is 2.05 bits per heavy atom. The third-order valence-electron chi connectivity index (χ3n) is 3.54. The van der Waals surface area contributed by atoms with E-state index in [9.17, 15) is 4.79 Å². The minimum Gasteiger partial charge on any atom is -0.479 e. The summed E-state index contributed by atoms with van der Waals surface area (Å²) in [6, 6.07) is 3.42. The minimum atomic E-state index is -0.505. The zero-order valence-electron chi connectivity index (χ0n) is 11.9. The summed E-state index contributed by atoms with van der Waals surface area (Å²) in [5.74, 6) is 0.594. The average Bonchev–Trinajstić information content (AvgIpc) is 2.76. The van der Waals surface area contributed by atoms with E-state index >= 15 is 0 Å². The minimum absolute atomic E-state index is 0.0399. The zero-order chi connectivity index (χ0) is 14.4. The summed E-state index contributed by atoms with van der Waals surface area (Å²) in [4.78, 5) is 18.3. The van der Waals surface area contributed by atoms with Gasteiger partial charge in [-0.05, 0) is 31.9 Å². The summed E-state index contributed by atoms with van der Waals surface area (Å²) in [6.07, 6.45) is 5.58. The van der Waals surface area contributed by atoms with Crippen molar-refractivity contribution in [2.24, 2.45) is 0 Å². The molecule has 0 aliphatic carbocycles. The van der Waals surface area contributed by atoms with E-state index in [4.69, 9.17) is 9.84 Å². The van der Waals surface area contributed by atoms with Crippen molar-refractivity contribution in [1.29, 1.82) is 0 Å². The predicted molar refractivity (Wildman–Crippen MR) is 75.3 cm³/mol. The predicted octanol–water partition coefficient (Wildman–Crippen LogP) is 1.74. The third-order valence-corrected chi connectivity index (χ3v) is 3.54. The maximum Gasteiger partial charge on any atom is 0.263 e. The second-order valence-corrected chi connectivity index (χ2v) is 5.14. The molecule has 5 nitrogen and oxygen atoms in total. The summed E-state index contributed by atoms with van der Waals surface area (Å²) >= 11 is 0. The Bertz CT molecular complexity index is 425. The molecule has 0 radical (unpaired) electrons. The molecule has 0 bridgehead atoms.